The molecule has 212 valence electrons. The third-order valence-electron chi connectivity index (χ3n) is 6.75. The summed E-state index contributed by atoms with van der Waals surface area (Å²) in [6.07, 6.45) is 34.3. The number of esters is 1. The quantitative estimate of drug-likeness (QED) is 0.0904. The molecule has 0 aromatic heterocycles. The normalized spacial score (nSPS) is 10.7. The molecule has 1 N–H and O–H groups in total. The second kappa shape index (κ2) is 35.6. The van der Waals surface area contributed by atoms with E-state index in [1.165, 1.54) is 148 Å². The first-order chi connectivity index (χ1) is 17.2. The summed E-state index contributed by atoms with van der Waals surface area (Å²) in [7, 11) is 0. The third kappa shape index (κ3) is 38.1. The summed E-state index contributed by atoms with van der Waals surface area (Å²) in [4.78, 5) is 11.8. The number of unbranched alkanes of at least 4 members (excludes halogenated alkanes) is 23. The highest BCUT2D eigenvalue weighted by atomic mass is 16.5. The van der Waals surface area contributed by atoms with Gasteiger partial charge in [0.1, 0.15) is 0 Å². The lowest BCUT2D eigenvalue weighted by molar-refractivity contribution is -0.143. The van der Waals surface area contributed by atoms with Gasteiger partial charge < -0.3 is 9.84 Å². The Kier molecular flexibility index (Phi) is 37.2. The Morgan fingerprint density at radius 1 is 0.457 bits per heavy atom. The van der Waals surface area contributed by atoms with Crippen molar-refractivity contribution in [2.45, 2.75) is 188 Å². The Bertz CT molecular complexity index is 370. The first-order valence-corrected chi connectivity index (χ1v) is 16.0. The molecule has 0 aliphatic rings. The van der Waals surface area contributed by atoms with E-state index in [-0.39, 0.29) is 12.6 Å². The maximum absolute atomic E-state index is 11.8. The highest BCUT2D eigenvalue weighted by Crippen LogP contribution is 2.14. The number of hydrogen-bond donors (Lipinski definition) is 1. The second-order valence-corrected chi connectivity index (χ2v) is 10.4. The van der Waals surface area contributed by atoms with E-state index in [9.17, 15) is 4.79 Å². The van der Waals surface area contributed by atoms with Gasteiger partial charge in [-0.2, -0.15) is 0 Å². The smallest absolute Gasteiger partial charge is 0.305 e. The molecular formula is C32H66O3. The first kappa shape index (κ1) is 36.6. The Morgan fingerprint density at radius 3 is 1.03 bits per heavy atom. The highest BCUT2D eigenvalue weighted by Gasteiger charge is 2.02. The summed E-state index contributed by atoms with van der Waals surface area (Å²) in [6, 6.07) is 0. The van der Waals surface area contributed by atoms with E-state index in [0.29, 0.717) is 13.0 Å². The summed E-state index contributed by atoms with van der Waals surface area (Å²) < 4.78 is 5.39. The van der Waals surface area contributed by atoms with Crippen LogP contribution in [0.15, 0.2) is 0 Å². The molecule has 0 atom stereocenters. The zero-order valence-electron chi connectivity index (χ0n) is 24.6. The van der Waals surface area contributed by atoms with Crippen LogP contribution in [0.25, 0.3) is 0 Å². The number of rotatable bonds is 27. The predicted molar refractivity (Wildman–Crippen MR) is 155 cm³/mol. The largest absolute Gasteiger partial charge is 0.466 e. The zero-order valence-corrected chi connectivity index (χ0v) is 24.6. The minimum atomic E-state index is 0.0221. The van der Waals surface area contributed by atoms with Gasteiger partial charge >= 0.3 is 5.97 Å². The maximum Gasteiger partial charge on any atom is 0.305 e. The van der Waals surface area contributed by atoms with Gasteiger partial charge in [-0.1, -0.05) is 162 Å². The van der Waals surface area contributed by atoms with Gasteiger partial charge in [-0.15, -0.1) is 0 Å². The van der Waals surface area contributed by atoms with Crippen molar-refractivity contribution in [1.29, 1.82) is 0 Å². The van der Waals surface area contributed by atoms with Gasteiger partial charge in [-0.25, -0.2) is 0 Å². The minimum Gasteiger partial charge on any atom is -0.466 e. The number of hydrogen-bond acceptors (Lipinski definition) is 3. The fourth-order valence-corrected chi connectivity index (χ4v) is 4.49. The number of aliphatic hydroxyl groups excluding tert-OH is 1. The lowest BCUT2D eigenvalue weighted by Crippen LogP contribution is -2.05. The van der Waals surface area contributed by atoms with Crippen LogP contribution in [0.5, 0.6) is 0 Å². The molecule has 0 saturated carbocycles. The molecule has 35 heavy (non-hydrogen) atoms. The summed E-state index contributed by atoms with van der Waals surface area (Å²) >= 11 is 0. The lowest BCUT2D eigenvalue weighted by atomic mass is 10.0. The van der Waals surface area contributed by atoms with E-state index in [4.69, 9.17) is 9.84 Å². The molecule has 0 rings (SSSR count). The van der Waals surface area contributed by atoms with Crippen LogP contribution in [0.4, 0.5) is 0 Å². The van der Waals surface area contributed by atoms with Gasteiger partial charge in [0, 0.05) is 13.0 Å². The van der Waals surface area contributed by atoms with Crippen molar-refractivity contribution in [1.82, 2.24) is 0 Å². The van der Waals surface area contributed by atoms with E-state index in [1.54, 1.807) is 6.92 Å². The average Bonchev–Trinajstić information content (AvgIpc) is 2.85. The Balaban J connectivity index is 0. The van der Waals surface area contributed by atoms with Crippen molar-refractivity contribution < 1.29 is 14.6 Å². The molecule has 0 spiro atoms. The summed E-state index contributed by atoms with van der Waals surface area (Å²) in [6.45, 7) is 7.12. The molecule has 0 aliphatic carbocycles. The first-order valence-electron chi connectivity index (χ1n) is 16.0. The number of carbonyl (C=O) groups is 1. The number of carbonyl (C=O) groups excluding carboxylic acids is 1. The Hall–Kier alpha value is -0.570. The van der Waals surface area contributed by atoms with Gasteiger partial charge in [-0.3, -0.25) is 4.79 Å². The van der Waals surface area contributed by atoms with Gasteiger partial charge in [0.15, 0.2) is 0 Å². The zero-order chi connectivity index (χ0) is 26.1. The minimum absolute atomic E-state index is 0.0221. The molecule has 0 radical (unpaired) electrons. The monoisotopic (exact) mass is 499 g/mol. The summed E-state index contributed by atoms with van der Waals surface area (Å²) in [5.41, 5.74) is 0. The van der Waals surface area contributed by atoms with Gasteiger partial charge in [0.25, 0.3) is 0 Å². The second-order valence-electron chi connectivity index (χ2n) is 10.4. The van der Waals surface area contributed by atoms with Crippen molar-refractivity contribution in [2.24, 2.45) is 0 Å². The number of aliphatic hydroxyl groups is 1. The molecule has 0 aromatic rings. The van der Waals surface area contributed by atoms with Crippen molar-refractivity contribution in [3.05, 3.63) is 0 Å². The molecule has 0 aliphatic heterocycles. The van der Waals surface area contributed by atoms with E-state index in [2.05, 4.69) is 13.8 Å². The SMILES string of the molecule is CCCCCCCCCCCCCCCCCCOC(=O)CCCCCCCCCCC.CCO. The molecule has 0 amide bonds. The molecule has 3 heteroatoms. The highest BCUT2D eigenvalue weighted by molar-refractivity contribution is 5.69. The molecule has 0 bridgehead atoms. The van der Waals surface area contributed by atoms with Crippen LogP contribution in [-0.4, -0.2) is 24.3 Å². The van der Waals surface area contributed by atoms with Crippen LogP contribution in [0, 0.1) is 0 Å². The van der Waals surface area contributed by atoms with Crippen molar-refractivity contribution in [3.63, 3.8) is 0 Å². The van der Waals surface area contributed by atoms with Crippen LogP contribution in [0.3, 0.4) is 0 Å². The molecule has 3 nitrogen and oxygen atoms in total. The topological polar surface area (TPSA) is 46.5 Å². The van der Waals surface area contributed by atoms with Crippen LogP contribution in [-0.2, 0) is 9.53 Å². The van der Waals surface area contributed by atoms with Gasteiger partial charge in [-0.05, 0) is 19.8 Å². The Labute approximate surface area is 221 Å². The molecule has 0 aromatic carbocycles. The molecular weight excluding hydrogens is 432 g/mol. The van der Waals surface area contributed by atoms with Crippen molar-refractivity contribution in [2.75, 3.05) is 13.2 Å². The Morgan fingerprint density at radius 2 is 0.714 bits per heavy atom. The van der Waals surface area contributed by atoms with Crippen LogP contribution in [0.1, 0.15) is 188 Å². The van der Waals surface area contributed by atoms with E-state index in [1.807, 2.05) is 0 Å². The standard InChI is InChI=1S/C30H60O2.C2H6O/c1-3-5-7-9-11-13-14-15-16-17-18-19-21-23-25-27-29-32-30(31)28-26-24-22-20-12-10-8-6-4-2;1-2-3/h3-29H2,1-2H3;3H,2H2,1H3. The van der Waals surface area contributed by atoms with Crippen LogP contribution < -0.4 is 0 Å². The summed E-state index contributed by atoms with van der Waals surface area (Å²) in [5, 5.41) is 7.57. The van der Waals surface area contributed by atoms with E-state index < -0.39 is 0 Å². The molecule has 0 fully saturated rings. The number of ether oxygens (including phenoxy) is 1. The van der Waals surface area contributed by atoms with Crippen LogP contribution >= 0.6 is 0 Å². The average molecular weight is 499 g/mol. The lowest BCUT2D eigenvalue weighted by Gasteiger charge is -2.06. The fraction of sp³-hybridized carbons (Fsp3) is 0.969. The molecule has 0 heterocycles. The van der Waals surface area contributed by atoms with Crippen molar-refractivity contribution >= 4 is 5.97 Å². The van der Waals surface area contributed by atoms with Gasteiger partial charge in [0.2, 0.25) is 0 Å². The van der Waals surface area contributed by atoms with E-state index in [0.717, 1.165) is 12.8 Å². The van der Waals surface area contributed by atoms with E-state index >= 15 is 0 Å². The maximum atomic E-state index is 11.8. The van der Waals surface area contributed by atoms with Gasteiger partial charge in [0.05, 0.1) is 6.61 Å². The fourth-order valence-electron chi connectivity index (χ4n) is 4.49. The van der Waals surface area contributed by atoms with Crippen LogP contribution in [0.2, 0.25) is 0 Å². The molecule has 0 unspecified atom stereocenters. The third-order valence-corrected chi connectivity index (χ3v) is 6.75. The summed E-state index contributed by atoms with van der Waals surface area (Å²) in [5.74, 6) is 0.0221. The molecule has 0 saturated heterocycles. The van der Waals surface area contributed by atoms with Crippen molar-refractivity contribution in [3.8, 4) is 0 Å². The predicted octanol–water partition coefficient (Wildman–Crippen LogP) is 10.7.